The van der Waals surface area contributed by atoms with Gasteiger partial charge in [-0.2, -0.15) is 0 Å². The third-order valence-electron chi connectivity index (χ3n) is 2.96. The largest absolute Gasteiger partial charge is 0.478 e. The zero-order valence-electron chi connectivity index (χ0n) is 9.44. The van der Waals surface area contributed by atoms with E-state index in [0.29, 0.717) is 5.92 Å². The van der Waals surface area contributed by atoms with Gasteiger partial charge in [-0.1, -0.05) is 17.7 Å². The molecule has 0 unspecified atom stereocenters. The lowest BCUT2D eigenvalue weighted by Crippen LogP contribution is -2.30. The first-order valence-corrected chi connectivity index (χ1v) is 5.36. The number of piperidine rings is 1. The molecule has 84 valence electrons. The van der Waals surface area contributed by atoms with E-state index in [1.165, 1.54) is 24.5 Å². The molecule has 0 radical (unpaired) electrons. The standard InChI is InChI=1S/C12H19NO2/c1-10(4-3-5-12(14)15)11-6-8-13(2)9-7-11/h3-5,11H,6-9H2,1-2H3,(H,14,15)/b5-3+,10-4+. The number of likely N-dealkylation sites (tertiary alicyclic amines) is 1. The summed E-state index contributed by atoms with van der Waals surface area (Å²) in [4.78, 5) is 12.6. The van der Waals surface area contributed by atoms with Crippen LogP contribution < -0.4 is 0 Å². The molecule has 15 heavy (non-hydrogen) atoms. The SMILES string of the molecule is C/C(=C\C=C\C(=O)O)C1CCN(C)CC1. The second-order valence-electron chi connectivity index (χ2n) is 4.19. The van der Waals surface area contributed by atoms with Gasteiger partial charge in [0.15, 0.2) is 0 Å². The Kier molecular flexibility index (Phi) is 4.56. The number of nitrogens with zero attached hydrogens (tertiary/aromatic N) is 1. The Morgan fingerprint density at radius 2 is 2.00 bits per heavy atom. The van der Waals surface area contributed by atoms with Gasteiger partial charge in [-0.25, -0.2) is 4.79 Å². The molecule has 0 spiro atoms. The second-order valence-corrected chi connectivity index (χ2v) is 4.19. The van der Waals surface area contributed by atoms with Gasteiger partial charge in [-0.05, 0) is 45.8 Å². The summed E-state index contributed by atoms with van der Waals surface area (Å²) in [7, 11) is 2.14. The zero-order valence-corrected chi connectivity index (χ0v) is 9.44. The Hall–Kier alpha value is -1.09. The molecule has 1 aliphatic heterocycles. The maximum Gasteiger partial charge on any atom is 0.328 e. The van der Waals surface area contributed by atoms with Crippen molar-refractivity contribution in [2.75, 3.05) is 20.1 Å². The topological polar surface area (TPSA) is 40.5 Å². The molecular weight excluding hydrogens is 190 g/mol. The number of carbonyl (C=O) groups is 1. The van der Waals surface area contributed by atoms with Crippen molar-refractivity contribution in [1.82, 2.24) is 4.90 Å². The van der Waals surface area contributed by atoms with Crippen LogP contribution in [0.5, 0.6) is 0 Å². The van der Waals surface area contributed by atoms with Crippen LogP contribution in [0.3, 0.4) is 0 Å². The molecule has 0 amide bonds. The second kappa shape index (κ2) is 5.71. The van der Waals surface area contributed by atoms with Crippen molar-refractivity contribution in [2.24, 2.45) is 5.92 Å². The van der Waals surface area contributed by atoms with E-state index < -0.39 is 5.97 Å². The van der Waals surface area contributed by atoms with E-state index in [9.17, 15) is 4.79 Å². The van der Waals surface area contributed by atoms with Gasteiger partial charge in [0.05, 0.1) is 0 Å². The van der Waals surface area contributed by atoms with Crippen LogP contribution in [-0.4, -0.2) is 36.1 Å². The maximum atomic E-state index is 10.3. The average molecular weight is 209 g/mol. The first-order valence-electron chi connectivity index (χ1n) is 5.36. The smallest absolute Gasteiger partial charge is 0.328 e. The van der Waals surface area contributed by atoms with E-state index in [2.05, 4.69) is 18.9 Å². The van der Waals surface area contributed by atoms with Gasteiger partial charge in [-0.15, -0.1) is 0 Å². The summed E-state index contributed by atoms with van der Waals surface area (Å²) in [6, 6.07) is 0. The third kappa shape index (κ3) is 4.30. The van der Waals surface area contributed by atoms with Gasteiger partial charge in [0, 0.05) is 6.08 Å². The molecule has 1 fully saturated rings. The molecule has 0 aromatic heterocycles. The van der Waals surface area contributed by atoms with Crippen molar-refractivity contribution in [2.45, 2.75) is 19.8 Å². The number of hydrogen-bond donors (Lipinski definition) is 1. The molecule has 1 N–H and O–H groups in total. The van der Waals surface area contributed by atoms with Crippen molar-refractivity contribution in [3.8, 4) is 0 Å². The first kappa shape index (κ1) is 12.0. The van der Waals surface area contributed by atoms with Gasteiger partial charge in [0.25, 0.3) is 0 Å². The molecule has 0 aliphatic carbocycles. The normalized spacial score (nSPS) is 21.1. The van der Waals surface area contributed by atoms with Crippen LogP contribution >= 0.6 is 0 Å². The fourth-order valence-electron chi connectivity index (χ4n) is 1.88. The van der Waals surface area contributed by atoms with Crippen LogP contribution in [-0.2, 0) is 4.79 Å². The van der Waals surface area contributed by atoms with E-state index in [1.54, 1.807) is 6.08 Å². The van der Waals surface area contributed by atoms with E-state index in [-0.39, 0.29) is 0 Å². The summed E-state index contributed by atoms with van der Waals surface area (Å²) in [5, 5.41) is 8.45. The number of rotatable bonds is 3. The van der Waals surface area contributed by atoms with Crippen molar-refractivity contribution >= 4 is 5.97 Å². The van der Waals surface area contributed by atoms with Gasteiger partial charge in [0.2, 0.25) is 0 Å². The minimum Gasteiger partial charge on any atom is -0.478 e. The summed E-state index contributed by atoms with van der Waals surface area (Å²) in [5.74, 6) is -0.262. The average Bonchev–Trinajstić information content (AvgIpc) is 2.18. The quantitative estimate of drug-likeness (QED) is 0.570. The molecule has 1 saturated heterocycles. The molecule has 0 atom stereocenters. The number of allylic oxidation sites excluding steroid dienone is 3. The molecular formula is C12H19NO2. The summed E-state index contributed by atoms with van der Waals surface area (Å²) < 4.78 is 0. The molecule has 3 nitrogen and oxygen atoms in total. The zero-order chi connectivity index (χ0) is 11.3. The summed E-state index contributed by atoms with van der Waals surface area (Å²) in [6.07, 6.45) is 7.08. The maximum absolute atomic E-state index is 10.3. The Morgan fingerprint density at radius 1 is 1.40 bits per heavy atom. The molecule has 0 aromatic carbocycles. The van der Waals surface area contributed by atoms with Crippen molar-refractivity contribution in [3.05, 3.63) is 23.8 Å². The minimum absolute atomic E-state index is 0.625. The number of carboxylic acids is 1. The predicted octanol–water partition coefficient (Wildman–Crippen LogP) is 1.92. The third-order valence-corrected chi connectivity index (χ3v) is 2.96. The van der Waals surface area contributed by atoms with Crippen LogP contribution in [0.4, 0.5) is 0 Å². The fourth-order valence-corrected chi connectivity index (χ4v) is 1.88. The Balaban J connectivity index is 2.45. The Morgan fingerprint density at radius 3 is 2.53 bits per heavy atom. The summed E-state index contributed by atoms with van der Waals surface area (Å²) in [6.45, 7) is 4.36. The van der Waals surface area contributed by atoms with Crippen molar-refractivity contribution in [1.29, 1.82) is 0 Å². The minimum atomic E-state index is -0.887. The number of aliphatic carboxylic acids is 1. The highest BCUT2D eigenvalue weighted by molar-refractivity contribution is 5.80. The molecule has 1 aliphatic rings. The number of hydrogen-bond acceptors (Lipinski definition) is 2. The van der Waals surface area contributed by atoms with Gasteiger partial charge < -0.3 is 10.0 Å². The van der Waals surface area contributed by atoms with Gasteiger partial charge in [-0.3, -0.25) is 0 Å². The van der Waals surface area contributed by atoms with Gasteiger partial charge >= 0.3 is 5.97 Å². The fraction of sp³-hybridized carbons (Fsp3) is 0.583. The lowest BCUT2D eigenvalue weighted by molar-refractivity contribution is -0.131. The molecule has 0 aromatic rings. The molecule has 1 heterocycles. The first-order chi connectivity index (χ1) is 7.09. The summed E-state index contributed by atoms with van der Waals surface area (Å²) in [5.41, 5.74) is 1.29. The van der Waals surface area contributed by atoms with Crippen LogP contribution in [0.2, 0.25) is 0 Å². The lowest BCUT2D eigenvalue weighted by Gasteiger charge is -2.29. The molecule has 0 saturated carbocycles. The molecule has 3 heteroatoms. The van der Waals surface area contributed by atoms with Crippen molar-refractivity contribution < 1.29 is 9.90 Å². The van der Waals surface area contributed by atoms with Crippen LogP contribution in [0.25, 0.3) is 0 Å². The monoisotopic (exact) mass is 209 g/mol. The Labute approximate surface area is 91.1 Å². The highest BCUT2D eigenvalue weighted by Crippen LogP contribution is 2.23. The predicted molar refractivity (Wildman–Crippen MR) is 60.8 cm³/mol. The highest BCUT2D eigenvalue weighted by Gasteiger charge is 2.17. The van der Waals surface area contributed by atoms with E-state index in [1.807, 2.05) is 6.08 Å². The summed E-state index contributed by atoms with van der Waals surface area (Å²) >= 11 is 0. The van der Waals surface area contributed by atoms with Crippen LogP contribution in [0, 0.1) is 5.92 Å². The molecule has 1 rings (SSSR count). The molecule has 0 bridgehead atoms. The number of carboxylic acid groups (broad SMARTS) is 1. The Bertz CT molecular complexity index is 273. The van der Waals surface area contributed by atoms with E-state index >= 15 is 0 Å². The highest BCUT2D eigenvalue weighted by atomic mass is 16.4. The van der Waals surface area contributed by atoms with E-state index in [0.717, 1.165) is 13.1 Å². The van der Waals surface area contributed by atoms with Crippen LogP contribution in [0.15, 0.2) is 23.8 Å². The van der Waals surface area contributed by atoms with Crippen LogP contribution in [0.1, 0.15) is 19.8 Å². The van der Waals surface area contributed by atoms with Crippen molar-refractivity contribution in [3.63, 3.8) is 0 Å². The van der Waals surface area contributed by atoms with Gasteiger partial charge in [0.1, 0.15) is 0 Å². The lowest BCUT2D eigenvalue weighted by atomic mass is 9.90. The van der Waals surface area contributed by atoms with E-state index in [4.69, 9.17) is 5.11 Å².